The van der Waals surface area contributed by atoms with Crippen molar-refractivity contribution >= 4 is 0 Å². The molecule has 4 heteroatoms. The van der Waals surface area contributed by atoms with Crippen LogP contribution in [0.2, 0.25) is 0 Å². The summed E-state index contributed by atoms with van der Waals surface area (Å²) in [5, 5.41) is 10.4. The van der Waals surface area contributed by atoms with E-state index in [2.05, 4.69) is 4.98 Å². The number of aromatic nitrogens is 1. The second-order valence-corrected chi connectivity index (χ2v) is 4.41. The van der Waals surface area contributed by atoms with Gasteiger partial charge in [-0.15, -0.1) is 0 Å². The molecule has 2 atom stereocenters. The summed E-state index contributed by atoms with van der Waals surface area (Å²) in [5.41, 5.74) is 6.29. The van der Waals surface area contributed by atoms with Crippen molar-refractivity contribution < 1.29 is 9.84 Å². The third kappa shape index (κ3) is 2.09. The molecule has 0 bridgehead atoms. The SMILES string of the molecule is NCC1(C(O)c2cccnc2)CCCOC1. The molecule has 0 spiro atoms. The Hall–Kier alpha value is -0.970. The van der Waals surface area contributed by atoms with Crippen molar-refractivity contribution in [3.8, 4) is 0 Å². The number of pyridine rings is 1. The number of aliphatic hydroxyl groups excluding tert-OH is 1. The molecule has 2 rings (SSSR count). The van der Waals surface area contributed by atoms with Gasteiger partial charge in [-0.2, -0.15) is 0 Å². The van der Waals surface area contributed by atoms with Crippen molar-refractivity contribution in [1.29, 1.82) is 0 Å². The Balaban J connectivity index is 2.20. The topological polar surface area (TPSA) is 68.4 Å². The van der Waals surface area contributed by atoms with Gasteiger partial charge in [0.15, 0.2) is 0 Å². The number of nitrogens with two attached hydrogens (primary N) is 1. The number of rotatable bonds is 3. The molecule has 0 aromatic carbocycles. The minimum Gasteiger partial charge on any atom is -0.388 e. The number of nitrogens with zero attached hydrogens (tertiary/aromatic N) is 1. The maximum Gasteiger partial charge on any atom is 0.0895 e. The van der Waals surface area contributed by atoms with Crippen LogP contribution in [0, 0.1) is 5.41 Å². The minimum absolute atomic E-state index is 0.346. The van der Waals surface area contributed by atoms with E-state index >= 15 is 0 Å². The van der Waals surface area contributed by atoms with Crippen molar-refractivity contribution in [2.24, 2.45) is 11.1 Å². The zero-order valence-electron chi connectivity index (χ0n) is 9.30. The maximum absolute atomic E-state index is 10.4. The molecular formula is C12H18N2O2. The molecular weight excluding hydrogens is 204 g/mol. The summed E-state index contributed by atoms with van der Waals surface area (Å²) >= 11 is 0. The van der Waals surface area contributed by atoms with Crippen molar-refractivity contribution in [2.45, 2.75) is 18.9 Å². The lowest BCUT2D eigenvalue weighted by Crippen LogP contribution is -2.43. The molecule has 0 radical (unpaired) electrons. The van der Waals surface area contributed by atoms with E-state index in [0.717, 1.165) is 25.0 Å². The van der Waals surface area contributed by atoms with E-state index in [-0.39, 0.29) is 5.41 Å². The van der Waals surface area contributed by atoms with Gasteiger partial charge in [-0.25, -0.2) is 0 Å². The minimum atomic E-state index is -0.591. The van der Waals surface area contributed by atoms with Crippen molar-refractivity contribution in [2.75, 3.05) is 19.8 Å². The highest BCUT2D eigenvalue weighted by molar-refractivity contribution is 5.16. The highest BCUT2D eigenvalue weighted by atomic mass is 16.5. The van der Waals surface area contributed by atoms with Crippen molar-refractivity contribution in [1.82, 2.24) is 4.98 Å². The van der Waals surface area contributed by atoms with Crippen LogP contribution in [0.25, 0.3) is 0 Å². The standard InChI is InChI=1S/C12H18N2O2/c13-8-12(4-2-6-16-9-12)11(15)10-3-1-5-14-7-10/h1,3,5,7,11,15H,2,4,6,8-9,13H2. The molecule has 88 valence electrons. The third-order valence-electron chi connectivity index (χ3n) is 3.34. The molecule has 2 heterocycles. The summed E-state index contributed by atoms with van der Waals surface area (Å²) in [7, 11) is 0. The summed E-state index contributed by atoms with van der Waals surface area (Å²) < 4.78 is 5.46. The molecule has 3 N–H and O–H groups in total. The second kappa shape index (κ2) is 4.91. The van der Waals surface area contributed by atoms with Gasteiger partial charge < -0.3 is 15.6 Å². The largest absolute Gasteiger partial charge is 0.388 e. The first-order valence-electron chi connectivity index (χ1n) is 5.64. The van der Waals surface area contributed by atoms with Gasteiger partial charge in [0.1, 0.15) is 0 Å². The van der Waals surface area contributed by atoms with E-state index in [1.165, 1.54) is 0 Å². The molecule has 1 aliphatic heterocycles. The van der Waals surface area contributed by atoms with E-state index in [4.69, 9.17) is 10.5 Å². The normalized spacial score (nSPS) is 27.6. The Bertz CT molecular complexity index is 323. The molecule has 0 amide bonds. The first kappa shape index (κ1) is 11.5. The van der Waals surface area contributed by atoms with Gasteiger partial charge in [-0.05, 0) is 24.5 Å². The quantitative estimate of drug-likeness (QED) is 0.796. The lowest BCUT2D eigenvalue weighted by Gasteiger charge is -2.39. The molecule has 1 aliphatic rings. The summed E-state index contributed by atoms with van der Waals surface area (Å²) in [4.78, 5) is 4.02. The number of hydrogen-bond acceptors (Lipinski definition) is 4. The Labute approximate surface area is 95.4 Å². The molecule has 2 unspecified atom stereocenters. The number of ether oxygens (including phenoxy) is 1. The van der Waals surface area contributed by atoms with E-state index < -0.39 is 6.10 Å². The first-order chi connectivity index (χ1) is 7.78. The predicted molar refractivity (Wildman–Crippen MR) is 60.7 cm³/mol. The second-order valence-electron chi connectivity index (χ2n) is 4.41. The predicted octanol–water partition coefficient (Wildman–Crippen LogP) is 0.870. The van der Waals surface area contributed by atoms with E-state index in [1.54, 1.807) is 12.4 Å². The molecule has 1 aromatic rings. The van der Waals surface area contributed by atoms with Crippen LogP contribution in [0.5, 0.6) is 0 Å². The van der Waals surface area contributed by atoms with Gasteiger partial charge in [-0.1, -0.05) is 6.07 Å². The number of aliphatic hydroxyl groups is 1. The monoisotopic (exact) mass is 222 g/mol. The van der Waals surface area contributed by atoms with Crippen LogP contribution in [0.15, 0.2) is 24.5 Å². The van der Waals surface area contributed by atoms with Crippen LogP contribution in [0.1, 0.15) is 24.5 Å². The van der Waals surface area contributed by atoms with Gasteiger partial charge >= 0.3 is 0 Å². The Morgan fingerprint density at radius 2 is 2.50 bits per heavy atom. The first-order valence-corrected chi connectivity index (χ1v) is 5.64. The van der Waals surface area contributed by atoms with E-state index in [1.807, 2.05) is 12.1 Å². The van der Waals surface area contributed by atoms with Gasteiger partial charge in [0.2, 0.25) is 0 Å². The van der Waals surface area contributed by atoms with E-state index in [9.17, 15) is 5.11 Å². The Morgan fingerprint density at radius 3 is 3.06 bits per heavy atom. The van der Waals surface area contributed by atoms with Crippen LogP contribution in [-0.4, -0.2) is 29.8 Å². The number of hydrogen-bond donors (Lipinski definition) is 2. The lowest BCUT2D eigenvalue weighted by molar-refractivity contribution is -0.0783. The molecule has 1 aromatic heterocycles. The molecule has 1 fully saturated rings. The highest BCUT2D eigenvalue weighted by Gasteiger charge is 2.39. The van der Waals surface area contributed by atoms with Crippen molar-refractivity contribution in [3.63, 3.8) is 0 Å². The van der Waals surface area contributed by atoms with Crippen molar-refractivity contribution in [3.05, 3.63) is 30.1 Å². The fourth-order valence-corrected chi connectivity index (χ4v) is 2.25. The molecule has 4 nitrogen and oxygen atoms in total. The zero-order valence-corrected chi connectivity index (χ0v) is 9.30. The van der Waals surface area contributed by atoms with E-state index in [0.29, 0.717) is 13.2 Å². The van der Waals surface area contributed by atoms with Crippen LogP contribution < -0.4 is 5.73 Å². The summed E-state index contributed by atoms with van der Waals surface area (Å²) in [6.45, 7) is 1.73. The average molecular weight is 222 g/mol. The fraction of sp³-hybridized carbons (Fsp3) is 0.583. The smallest absolute Gasteiger partial charge is 0.0895 e. The van der Waals surface area contributed by atoms with Crippen LogP contribution in [0.4, 0.5) is 0 Å². The Morgan fingerprint density at radius 1 is 1.62 bits per heavy atom. The molecule has 0 aliphatic carbocycles. The van der Waals surface area contributed by atoms with Gasteiger partial charge in [-0.3, -0.25) is 4.98 Å². The molecule has 0 saturated carbocycles. The zero-order chi connectivity index (χ0) is 11.4. The lowest BCUT2D eigenvalue weighted by atomic mass is 9.75. The highest BCUT2D eigenvalue weighted by Crippen LogP contribution is 2.39. The van der Waals surface area contributed by atoms with Crippen LogP contribution in [-0.2, 0) is 4.74 Å². The Kier molecular flexibility index (Phi) is 3.53. The van der Waals surface area contributed by atoms with Gasteiger partial charge in [0.25, 0.3) is 0 Å². The molecule has 1 saturated heterocycles. The summed E-state index contributed by atoms with van der Waals surface area (Å²) in [6.07, 6.45) is 4.65. The fourth-order valence-electron chi connectivity index (χ4n) is 2.25. The van der Waals surface area contributed by atoms with Gasteiger partial charge in [0, 0.05) is 31.0 Å². The average Bonchev–Trinajstić information content (AvgIpc) is 2.39. The van der Waals surface area contributed by atoms with Crippen LogP contribution in [0.3, 0.4) is 0 Å². The molecule has 16 heavy (non-hydrogen) atoms. The van der Waals surface area contributed by atoms with Gasteiger partial charge in [0.05, 0.1) is 12.7 Å². The maximum atomic E-state index is 10.4. The summed E-state index contributed by atoms with van der Waals surface area (Å²) in [5.74, 6) is 0. The van der Waals surface area contributed by atoms with Crippen LogP contribution >= 0.6 is 0 Å². The summed E-state index contributed by atoms with van der Waals surface area (Å²) in [6, 6.07) is 3.70. The third-order valence-corrected chi connectivity index (χ3v) is 3.34.